The van der Waals surface area contributed by atoms with Crippen LogP contribution in [0.15, 0.2) is 5.16 Å². The summed E-state index contributed by atoms with van der Waals surface area (Å²) in [6.07, 6.45) is 2.58. The first-order valence-corrected chi connectivity index (χ1v) is 8.00. The Labute approximate surface area is 123 Å². The molecule has 0 amide bonds. The van der Waals surface area contributed by atoms with E-state index in [0.29, 0.717) is 17.2 Å². The van der Waals surface area contributed by atoms with Crippen molar-refractivity contribution < 1.29 is 4.74 Å². The van der Waals surface area contributed by atoms with E-state index in [2.05, 4.69) is 33.7 Å². The molecule has 1 aliphatic heterocycles. The van der Waals surface area contributed by atoms with Gasteiger partial charge in [-0.2, -0.15) is 15.0 Å². The maximum Gasteiger partial charge on any atom is 0.230 e. The number of hydrogen-bond acceptors (Lipinski definition) is 6. The molecule has 1 aromatic heterocycles. The largest absolute Gasteiger partial charge is 0.377 e. The quantitative estimate of drug-likeness (QED) is 0.753. The molecule has 0 saturated carbocycles. The van der Waals surface area contributed by atoms with E-state index in [0.717, 1.165) is 38.3 Å². The van der Waals surface area contributed by atoms with Gasteiger partial charge in [0.25, 0.3) is 0 Å². The molecule has 19 heavy (non-hydrogen) atoms. The Morgan fingerprint density at radius 1 is 1.32 bits per heavy atom. The van der Waals surface area contributed by atoms with Crippen LogP contribution in [0.1, 0.15) is 26.7 Å². The summed E-state index contributed by atoms with van der Waals surface area (Å²) in [5.41, 5.74) is 0. The first kappa shape index (κ1) is 14.8. The summed E-state index contributed by atoms with van der Waals surface area (Å²) in [4.78, 5) is 14.9. The molecule has 0 spiro atoms. The molecule has 1 atom stereocenters. The van der Waals surface area contributed by atoms with Gasteiger partial charge in [0, 0.05) is 25.4 Å². The molecule has 0 radical (unpaired) electrons. The van der Waals surface area contributed by atoms with Gasteiger partial charge in [0.15, 0.2) is 5.16 Å². The summed E-state index contributed by atoms with van der Waals surface area (Å²) >= 11 is 7.56. The highest BCUT2D eigenvalue weighted by Gasteiger charge is 2.17. The molecule has 106 valence electrons. The van der Waals surface area contributed by atoms with E-state index >= 15 is 0 Å². The maximum absolute atomic E-state index is 5.97. The fraction of sp³-hybridized carbons (Fsp3) is 0.750. The van der Waals surface area contributed by atoms with Crippen LogP contribution in [0.4, 0.5) is 5.95 Å². The number of hydrogen-bond donors (Lipinski definition) is 0. The number of halogens is 1. The molecule has 0 aromatic carbocycles. The summed E-state index contributed by atoms with van der Waals surface area (Å²) in [5.74, 6) is 1.53. The molecule has 2 rings (SSSR count). The summed E-state index contributed by atoms with van der Waals surface area (Å²) in [7, 11) is 0. The lowest BCUT2D eigenvalue weighted by Gasteiger charge is -2.18. The zero-order chi connectivity index (χ0) is 13.7. The van der Waals surface area contributed by atoms with Crippen molar-refractivity contribution in [2.75, 3.05) is 30.3 Å². The van der Waals surface area contributed by atoms with Gasteiger partial charge in [-0.05, 0) is 38.3 Å². The van der Waals surface area contributed by atoms with Crippen LogP contribution in [0.2, 0.25) is 5.28 Å². The number of thioether (sulfide) groups is 1. The molecular formula is C12H19ClN4OS. The predicted octanol–water partition coefficient (Wildman–Crippen LogP) is 2.64. The highest BCUT2D eigenvalue weighted by Crippen LogP contribution is 2.23. The minimum atomic E-state index is 0.256. The smallest absolute Gasteiger partial charge is 0.230 e. The summed E-state index contributed by atoms with van der Waals surface area (Å²) in [6.45, 7) is 6.72. The fourth-order valence-electron chi connectivity index (χ4n) is 1.98. The highest BCUT2D eigenvalue weighted by atomic mass is 35.5. The normalized spacial score (nSPS) is 18.8. The van der Waals surface area contributed by atoms with E-state index in [4.69, 9.17) is 16.3 Å². The lowest BCUT2D eigenvalue weighted by molar-refractivity contribution is 0.129. The second-order valence-electron chi connectivity index (χ2n) is 4.31. The third-order valence-electron chi connectivity index (χ3n) is 3.04. The van der Waals surface area contributed by atoms with Crippen molar-refractivity contribution in [2.45, 2.75) is 37.9 Å². The third kappa shape index (κ3) is 4.19. The van der Waals surface area contributed by atoms with E-state index in [1.54, 1.807) is 11.8 Å². The molecule has 0 aliphatic carbocycles. The molecule has 2 heterocycles. The van der Waals surface area contributed by atoms with Crippen molar-refractivity contribution in [1.29, 1.82) is 0 Å². The summed E-state index contributed by atoms with van der Waals surface area (Å²) < 4.78 is 5.59. The predicted molar refractivity (Wildman–Crippen MR) is 78.1 cm³/mol. The average Bonchev–Trinajstić information content (AvgIpc) is 2.90. The van der Waals surface area contributed by atoms with Crippen LogP contribution in [-0.2, 0) is 4.74 Å². The Hall–Kier alpha value is -0.590. The zero-order valence-corrected chi connectivity index (χ0v) is 12.9. The van der Waals surface area contributed by atoms with Crippen LogP contribution in [0.5, 0.6) is 0 Å². The first-order valence-electron chi connectivity index (χ1n) is 6.63. The van der Waals surface area contributed by atoms with Gasteiger partial charge in [-0.15, -0.1) is 0 Å². The van der Waals surface area contributed by atoms with Crippen molar-refractivity contribution in [2.24, 2.45) is 0 Å². The second-order valence-corrected chi connectivity index (χ2v) is 5.63. The van der Waals surface area contributed by atoms with Crippen LogP contribution >= 0.6 is 23.4 Å². The van der Waals surface area contributed by atoms with Gasteiger partial charge in [-0.1, -0.05) is 11.8 Å². The zero-order valence-electron chi connectivity index (χ0n) is 11.3. The van der Waals surface area contributed by atoms with Crippen LogP contribution in [0.25, 0.3) is 0 Å². The molecule has 1 fully saturated rings. The van der Waals surface area contributed by atoms with E-state index < -0.39 is 0 Å². The van der Waals surface area contributed by atoms with Gasteiger partial charge in [-0.25, -0.2) is 0 Å². The molecule has 1 saturated heterocycles. The van der Waals surface area contributed by atoms with Gasteiger partial charge < -0.3 is 9.64 Å². The van der Waals surface area contributed by atoms with Gasteiger partial charge in [0.2, 0.25) is 11.2 Å². The summed E-state index contributed by atoms with van der Waals surface area (Å²) in [5, 5.41) is 0.934. The first-order chi connectivity index (χ1) is 9.22. The van der Waals surface area contributed by atoms with Gasteiger partial charge in [0.1, 0.15) is 0 Å². The number of nitrogens with zero attached hydrogens (tertiary/aromatic N) is 4. The van der Waals surface area contributed by atoms with Gasteiger partial charge in [0.05, 0.1) is 6.10 Å². The summed E-state index contributed by atoms with van der Waals surface area (Å²) in [6, 6.07) is 0. The number of aromatic nitrogens is 3. The lowest BCUT2D eigenvalue weighted by Crippen LogP contribution is -2.24. The molecule has 1 unspecified atom stereocenters. The third-order valence-corrected chi connectivity index (χ3v) is 4.19. The van der Waals surface area contributed by atoms with Gasteiger partial charge >= 0.3 is 0 Å². The lowest BCUT2D eigenvalue weighted by atomic mass is 10.3. The molecule has 0 bridgehead atoms. The van der Waals surface area contributed by atoms with Crippen molar-refractivity contribution in [3.8, 4) is 0 Å². The monoisotopic (exact) mass is 302 g/mol. The Bertz CT molecular complexity index is 411. The topological polar surface area (TPSA) is 51.1 Å². The Kier molecular flexibility index (Phi) is 5.66. The fourth-order valence-corrected chi connectivity index (χ4v) is 3.08. The van der Waals surface area contributed by atoms with E-state index in [-0.39, 0.29) is 5.28 Å². The van der Waals surface area contributed by atoms with Crippen molar-refractivity contribution in [3.63, 3.8) is 0 Å². The Morgan fingerprint density at radius 2 is 2.11 bits per heavy atom. The minimum Gasteiger partial charge on any atom is -0.377 e. The number of ether oxygens (including phenoxy) is 1. The molecule has 5 nitrogen and oxygen atoms in total. The number of rotatable bonds is 6. The standard InChI is InChI=1S/C12H19ClN4OS/c1-3-17(4-2)11-14-10(13)15-12(16-11)19-8-9-6-5-7-18-9/h9H,3-8H2,1-2H3. The molecule has 7 heteroatoms. The van der Waals surface area contributed by atoms with Crippen LogP contribution < -0.4 is 4.90 Å². The van der Waals surface area contributed by atoms with Gasteiger partial charge in [-0.3, -0.25) is 0 Å². The van der Waals surface area contributed by atoms with Crippen LogP contribution in [0, 0.1) is 0 Å². The molecular weight excluding hydrogens is 284 g/mol. The Morgan fingerprint density at radius 3 is 2.74 bits per heavy atom. The second kappa shape index (κ2) is 7.26. The average molecular weight is 303 g/mol. The Balaban J connectivity index is 2.03. The van der Waals surface area contributed by atoms with Crippen LogP contribution in [-0.4, -0.2) is 46.5 Å². The SMILES string of the molecule is CCN(CC)c1nc(Cl)nc(SCC2CCCO2)n1. The molecule has 1 aliphatic rings. The van der Waals surface area contributed by atoms with E-state index in [1.807, 2.05) is 0 Å². The van der Waals surface area contributed by atoms with E-state index in [9.17, 15) is 0 Å². The van der Waals surface area contributed by atoms with Crippen LogP contribution in [0.3, 0.4) is 0 Å². The minimum absolute atomic E-state index is 0.256. The molecule has 0 N–H and O–H groups in total. The number of anilines is 1. The molecule has 1 aromatic rings. The van der Waals surface area contributed by atoms with E-state index in [1.165, 1.54) is 0 Å². The van der Waals surface area contributed by atoms with Crippen molar-refractivity contribution in [1.82, 2.24) is 15.0 Å². The maximum atomic E-state index is 5.97. The van der Waals surface area contributed by atoms with Crippen molar-refractivity contribution in [3.05, 3.63) is 5.28 Å². The highest BCUT2D eigenvalue weighted by molar-refractivity contribution is 7.99. The van der Waals surface area contributed by atoms with Crippen molar-refractivity contribution >= 4 is 29.3 Å².